The van der Waals surface area contributed by atoms with E-state index in [-0.39, 0.29) is 17.4 Å². The van der Waals surface area contributed by atoms with Gasteiger partial charge in [-0.05, 0) is 80.8 Å². The Bertz CT molecular complexity index is 1230. The van der Waals surface area contributed by atoms with Gasteiger partial charge in [-0.1, -0.05) is 36.4 Å². The van der Waals surface area contributed by atoms with Gasteiger partial charge in [-0.3, -0.25) is 14.5 Å². The van der Waals surface area contributed by atoms with E-state index < -0.39 is 17.7 Å². The van der Waals surface area contributed by atoms with Crippen molar-refractivity contribution < 1.29 is 19.4 Å². The standard InChI is InChI=1S/C28H27NO4/c1-17(2)33-23-14-11-21(12-15-23)26(30)24-25(20-8-6-5-7-9-20)29(28(32)27(24)31)22-13-10-18(3)19(4)16-22/h5-17,25,30H,1-4H3/b26-24+. The van der Waals surface area contributed by atoms with Crippen molar-refractivity contribution in [2.75, 3.05) is 4.90 Å². The highest BCUT2D eigenvalue weighted by Crippen LogP contribution is 2.42. The lowest BCUT2D eigenvalue weighted by molar-refractivity contribution is -0.132. The molecule has 1 N–H and O–H groups in total. The second-order valence-electron chi connectivity index (χ2n) is 8.54. The first-order valence-electron chi connectivity index (χ1n) is 11.0. The first-order chi connectivity index (χ1) is 15.8. The number of ether oxygens (including phenoxy) is 1. The second-order valence-corrected chi connectivity index (χ2v) is 8.54. The third kappa shape index (κ3) is 4.27. The van der Waals surface area contributed by atoms with Crippen LogP contribution in [0.25, 0.3) is 5.76 Å². The van der Waals surface area contributed by atoms with Gasteiger partial charge in [0.1, 0.15) is 11.5 Å². The highest BCUT2D eigenvalue weighted by atomic mass is 16.5. The number of carbonyl (C=O) groups excluding carboxylic acids is 2. The van der Waals surface area contributed by atoms with Gasteiger partial charge in [-0.2, -0.15) is 0 Å². The Morgan fingerprint density at radius 3 is 2.18 bits per heavy atom. The molecule has 3 aromatic carbocycles. The van der Waals surface area contributed by atoms with E-state index in [1.807, 2.05) is 76.2 Å². The van der Waals surface area contributed by atoms with Crippen molar-refractivity contribution in [1.82, 2.24) is 0 Å². The van der Waals surface area contributed by atoms with Crippen LogP contribution in [0.5, 0.6) is 5.75 Å². The fraction of sp³-hybridized carbons (Fsp3) is 0.214. The molecule has 0 spiro atoms. The number of amides is 1. The number of Topliss-reactive ketones (excluding diaryl/α,β-unsaturated/α-hetero) is 1. The monoisotopic (exact) mass is 441 g/mol. The van der Waals surface area contributed by atoms with Crippen LogP contribution in [0.2, 0.25) is 0 Å². The van der Waals surface area contributed by atoms with E-state index in [0.29, 0.717) is 17.0 Å². The zero-order chi connectivity index (χ0) is 23.7. The number of hydrogen-bond acceptors (Lipinski definition) is 4. The lowest BCUT2D eigenvalue weighted by atomic mass is 9.95. The number of carbonyl (C=O) groups is 2. The molecule has 1 unspecified atom stereocenters. The molecule has 5 heteroatoms. The quantitative estimate of drug-likeness (QED) is 0.313. The van der Waals surface area contributed by atoms with Gasteiger partial charge in [0, 0.05) is 11.3 Å². The largest absolute Gasteiger partial charge is 0.507 e. The van der Waals surface area contributed by atoms with Crippen LogP contribution in [0.1, 0.15) is 42.1 Å². The number of benzene rings is 3. The summed E-state index contributed by atoms with van der Waals surface area (Å²) in [5, 5.41) is 11.2. The molecule has 1 fully saturated rings. The van der Waals surface area contributed by atoms with E-state index >= 15 is 0 Å². The van der Waals surface area contributed by atoms with Crippen molar-refractivity contribution >= 4 is 23.1 Å². The molecule has 0 radical (unpaired) electrons. The predicted octanol–water partition coefficient (Wildman–Crippen LogP) is 5.72. The molecule has 0 bridgehead atoms. The maximum atomic E-state index is 13.2. The summed E-state index contributed by atoms with van der Waals surface area (Å²) in [4.78, 5) is 27.9. The van der Waals surface area contributed by atoms with Crippen molar-refractivity contribution in [1.29, 1.82) is 0 Å². The highest BCUT2D eigenvalue weighted by molar-refractivity contribution is 6.51. The molecular weight excluding hydrogens is 414 g/mol. The van der Waals surface area contributed by atoms with Crippen LogP contribution in [0, 0.1) is 13.8 Å². The Hall–Kier alpha value is -3.86. The Labute approximate surface area is 193 Å². The summed E-state index contributed by atoms with van der Waals surface area (Å²) in [6, 6.07) is 21.1. The third-order valence-corrected chi connectivity index (χ3v) is 5.83. The highest BCUT2D eigenvalue weighted by Gasteiger charge is 2.46. The van der Waals surface area contributed by atoms with Gasteiger partial charge < -0.3 is 9.84 Å². The van der Waals surface area contributed by atoms with E-state index in [1.54, 1.807) is 24.3 Å². The van der Waals surface area contributed by atoms with E-state index in [0.717, 1.165) is 16.7 Å². The van der Waals surface area contributed by atoms with Gasteiger partial charge >= 0.3 is 0 Å². The van der Waals surface area contributed by atoms with Gasteiger partial charge in [0.2, 0.25) is 0 Å². The van der Waals surface area contributed by atoms with E-state index in [2.05, 4.69) is 0 Å². The zero-order valence-corrected chi connectivity index (χ0v) is 19.2. The number of aliphatic hydroxyl groups excluding tert-OH is 1. The Kier molecular flexibility index (Phi) is 6.05. The molecule has 3 aromatic rings. The van der Waals surface area contributed by atoms with Gasteiger partial charge in [-0.15, -0.1) is 0 Å². The number of aryl methyl sites for hydroxylation is 2. The minimum absolute atomic E-state index is 0.0193. The Balaban J connectivity index is 1.86. The fourth-order valence-electron chi connectivity index (χ4n) is 4.04. The van der Waals surface area contributed by atoms with Crippen LogP contribution in [0.3, 0.4) is 0 Å². The van der Waals surface area contributed by atoms with E-state index in [1.165, 1.54) is 4.90 Å². The van der Waals surface area contributed by atoms with Crippen molar-refractivity contribution in [3.63, 3.8) is 0 Å². The number of nitrogens with zero attached hydrogens (tertiary/aromatic N) is 1. The van der Waals surface area contributed by atoms with Crippen LogP contribution in [-0.4, -0.2) is 22.9 Å². The average molecular weight is 442 g/mol. The minimum atomic E-state index is -0.736. The Morgan fingerprint density at radius 1 is 0.909 bits per heavy atom. The van der Waals surface area contributed by atoms with Crippen molar-refractivity contribution in [2.24, 2.45) is 0 Å². The predicted molar refractivity (Wildman–Crippen MR) is 129 cm³/mol. The molecule has 0 aliphatic carbocycles. The molecule has 1 atom stereocenters. The Morgan fingerprint density at radius 2 is 1.58 bits per heavy atom. The molecule has 1 aliphatic rings. The molecule has 1 amide bonds. The van der Waals surface area contributed by atoms with E-state index in [9.17, 15) is 14.7 Å². The molecule has 1 aliphatic heterocycles. The van der Waals surface area contributed by atoms with Crippen LogP contribution in [-0.2, 0) is 9.59 Å². The lowest BCUT2D eigenvalue weighted by Crippen LogP contribution is -2.29. The van der Waals surface area contributed by atoms with Crippen LogP contribution in [0.4, 0.5) is 5.69 Å². The summed E-state index contributed by atoms with van der Waals surface area (Å²) >= 11 is 0. The number of ketones is 1. The fourth-order valence-corrected chi connectivity index (χ4v) is 4.04. The molecule has 168 valence electrons. The lowest BCUT2D eigenvalue weighted by Gasteiger charge is -2.26. The molecule has 0 aromatic heterocycles. The van der Waals surface area contributed by atoms with Crippen molar-refractivity contribution in [3.8, 4) is 5.75 Å². The average Bonchev–Trinajstić information content (AvgIpc) is 3.06. The summed E-state index contributed by atoms with van der Waals surface area (Å²) in [7, 11) is 0. The van der Waals surface area contributed by atoms with Crippen molar-refractivity contribution in [2.45, 2.75) is 39.8 Å². The SMILES string of the molecule is Cc1ccc(N2C(=O)C(=O)/C(=C(/O)c3ccc(OC(C)C)cc3)C2c2ccccc2)cc1C. The van der Waals surface area contributed by atoms with E-state index in [4.69, 9.17) is 4.74 Å². The number of hydrogen-bond donors (Lipinski definition) is 1. The van der Waals surface area contributed by atoms with Gasteiger partial charge in [0.05, 0.1) is 17.7 Å². The van der Waals surface area contributed by atoms with Crippen LogP contribution < -0.4 is 9.64 Å². The maximum absolute atomic E-state index is 13.2. The summed E-state index contributed by atoms with van der Waals surface area (Å²) in [5.74, 6) is -0.906. The molecule has 1 saturated heterocycles. The summed E-state index contributed by atoms with van der Waals surface area (Å²) in [5.41, 5.74) is 3.99. The first-order valence-corrected chi connectivity index (χ1v) is 11.0. The number of anilines is 1. The second kappa shape index (κ2) is 8.94. The minimum Gasteiger partial charge on any atom is -0.507 e. The zero-order valence-electron chi connectivity index (χ0n) is 19.2. The maximum Gasteiger partial charge on any atom is 0.300 e. The molecule has 4 rings (SSSR count). The van der Waals surface area contributed by atoms with Crippen LogP contribution >= 0.6 is 0 Å². The molecule has 0 saturated carbocycles. The van der Waals surface area contributed by atoms with Gasteiger partial charge in [0.25, 0.3) is 11.7 Å². The topological polar surface area (TPSA) is 66.8 Å². The summed E-state index contributed by atoms with van der Waals surface area (Å²) < 4.78 is 5.67. The third-order valence-electron chi connectivity index (χ3n) is 5.83. The van der Waals surface area contributed by atoms with Crippen molar-refractivity contribution in [3.05, 3.63) is 101 Å². The first kappa shape index (κ1) is 22.3. The van der Waals surface area contributed by atoms with Gasteiger partial charge in [0.15, 0.2) is 0 Å². The molecule has 1 heterocycles. The molecular formula is C28H27NO4. The smallest absolute Gasteiger partial charge is 0.300 e. The molecule has 33 heavy (non-hydrogen) atoms. The summed E-state index contributed by atoms with van der Waals surface area (Å²) in [6.07, 6.45) is 0.0193. The summed E-state index contributed by atoms with van der Waals surface area (Å²) in [6.45, 7) is 7.83. The van der Waals surface area contributed by atoms with Gasteiger partial charge in [-0.25, -0.2) is 0 Å². The number of aliphatic hydroxyl groups is 1. The van der Waals surface area contributed by atoms with Crippen LogP contribution in [0.15, 0.2) is 78.4 Å². The normalized spacial score (nSPS) is 17.6. The number of rotatable bonds is 5. The molecule has 5 nitrogen and oxygen atoms in total.